The standard InChI is InChI=1S/C13H12FN3O4/c1-2-21-13(18)10-6-15-16(8-10)7-9-4-3-5-11(12(9)14)17(19)20/h3-6,8H,2,7H2,1H3. The Hall–Kier alpha value is -2.77. The van der Waals surface area contributed by atoms with Gasteiger partial charge in [0.2, 0.25) is 5.82 Å². The fourth-order valence-electron chi connectivity index (χ4n) is 1.77. The second-order valence-corrected chi connectivity index (χ2v) is 4.15. The molecule has 0 aliphatic carbocycles. The number of hydrogen-bond donors (Lipinski definition) is 0. The van der Waals surface area contributed by atoms with Crippen LogP contribution in [0.4, 0.5) is 10.1 Å². The molecule has 110 valence electrons. The van der Waals surface area contributed by atoms with Crippen LogP contribution in [-0.4, -0.2) is 27.3 Å². The van der Waals surface area contributed by atoms with Crippen LogP contribution >= 0.6 is 0 Å². The molecule has 0 spiro atoms. The van der Waals surface area contributed by atoms with Crippen molar-refractivity contribution in [1.29, 1.82) is 0 Å². The van der Waals surface area contributed by atoms with Crippen molar-refractivity contribution in [1.82, 2.24) is 9.78 Å². The van der Waals surface area contributed by atoms with E-state index in [9.17, 15) is 19.3 Å². The van der Waals surface area contributed by atoms with Crippen molar-refractivity contribution in [3.05, 3.63) is 57.7 Å². The Balaban J connectivity index is 2.21. The Kier molecular flexibility index (Phi) is 4.27. The van der Waals surface area contributed by atoms with Gasteiger partial charge in [-0.25, -0.2) is 4.79 Å². The Morgan fingerprint density at radius 3 is 2.95 bits per heavy atom. The van der Waals surface area contributed by atoms with Crippen molar-refractivity contribution in [2.45, 2.75) is 13.5 Å². The van der Waals surface area contributed by atoms with E-state index < -0.39 is 22.4 Å². The molecule has 2 aromatic rings. The molecule has 0 N–H and O–H groups in total. The average Bonchev–Trinajstić information content (AvgIpc) is 2.90. The zero-order chi connectivity index (χ0) is 15.4. The van der Waals surface area contributed by atoms with Crippen LogP contribution in [0.2, 0.25) is 0 Å². The second kappa shape index (κ2) is 6.12. The highest BCUT2D eigenvalue weighted by atomic mass is 19.1. The highest BCUT2D eigenvalue weighted by Crippen LogP contribution is 2.20. The molecule has 0 amide bonds. The van der Waals surface area contributed by atoms with Crippen LogP contribution in [0.25, 0.3) is 0 Å². The van der Waals surface area contributed by atoms with Crippen molar-refractivity contribution >= 4 is 11.7 Å². The molecule has 1 heterocycles. The topological polar surface area (TPSA) is 87.3 Å². The Bertz CT molecular complexity index is 684. The molecule has 21 heavy (non-hydrogen) atoms. The Morgan fingerprint density at radius 1 is 1.52 bits per heavy atom. The Morgan fingerprint density at radius 2 is 2.29 bits per heavy atom. The third-order valence-corrected chi connectivity index (χ3v) is 2.73. The highest BCUT2D eigenvalue weighted by molar-refractivity contribution is 5.88. The zero-order valence-electron chi connectivity index (χ0n) is 11.2. The van der Waals surface area contributed by atoms with E-state index in [0.717, 1.165) is 6.07 Å². The number of nitrogens with zero attached hydrogens (tertiary/aromatic N) is 3. The van der Waals surface area contributed by atoms with E-state index in [2.05, 4.69) is 5.10 Å². The summed E-state index contributed by atoms with van der Waals surface area (Å²) in [6.07, 6.45) is 2.70. The van der Waals surface area contributed by atoms with Crippen LogP contribution in [0.3, 0.4) is 0 Å². The van der Waals surface area contributed by atoms with Crippen LogP contribution in [-0.2, 0) is 11.3 Å². The van der Waals surface area contributed by atoms with Crippen molar-refractivity contribution in [3.63, 3.8) is 0 Å². The van der Waals surface area contributed by atoms with E-state index in [4.69, 9.17) is 4.74 Å². The minimum atomic E-state index is -0.907. The largest absolute Gasteiger partial charge is 0.462 e. The lowest BCUT2D eigenvalue weighted by atomic mass is 10.2. The van der Waals surface area contributed by atoms with Gasteiger partial charge >= 0.3 is 11.7 Å². The molecule has 1 aromatic carbocycles. The van der Waals surface area contributed by atoms with Crippen molar-refractivity contribution in [3.8, 4) is 0 Å². The van der Waals surface area contributed by atoms with Crippen LogP contribution in [0.15, 0.2) is 30.6 Å². The number of ether oxygens (including phenoxy) is 1. The highest BCUT2D eigenvalue weighted by Gasteiger charge is 2.18. The van der Waals surface area contributed by atoms with Crippen LogP contribution in [0, 0.1) is 15.9 Å². The van der Waals surface area contributed by atoms with Gasteiger partial charge in [0.05, 0.1) is 29.8 Å². The lowest BCUT2D eigenvalue weighted by Gasteiger charge is -2.03. The predicted octanol–water partition coefficient (Wildman–Crippen LogP) is 2.16. The van der Waals surface area contributed by atoms with E-state index in [1.165, 1.54) is 29.2 Å². The molecule has 0 fully saturated rings. The molecule has 0 unspecified atom stereocenters. The van der Waals surface area contributed by atoms with E-state index in [-0.39, 0.29) is 24.3 Å². The number of carbonyl (C=O) groups excluding carboxylic acids is 1. The summed E-state index contributed by atoms with van der Waals surface area (Å²) in [4.78, 5) is 21.4. The van der Waals surface area contributed by atoms with E-state index >= 15 is 0 Å². The minimum absolute atomic E-state index is 0.0209. The summed E-state index contributed by atoms with van der Waals surface area (Å²) in [6, 6.07) is 3.91. The van der Waals surface area contributed by atoms with Crippen molar-refractivity contribution in [2.24, 2.45) is 0 Å². The maximum atomic E-state index is 13.9. The van der Waals surface area contributed by atoms with E-state index in [1.54, 1.807) is 6.92 Å². The third-order valence-electron chi connectivity index (χ3n) is 2.73. The van der Waals surface area contributed by atoms with Gasteiger partial charge in [-0.15, -0.1) is 0 Å². The average molecular weight is 293 g/mol. The van der Waals surface area contributed by atoms with Gasteiger partial charge in [-0.2, -0.15) is 9.49 Å². The quantitative estimate of drug-likeness (QED) is 0.479. The molecular formula is C13H12FN3O4. The summed E-state index contributed by atoms with van der Waals surface area (Å²) >= 11 is 0. The number of nitro groups is 1. The lowest BCUT2D eigenvalue weighted by molar-refractivity contribution is -0.387. The van der Waals surface area contributed by atoms with Crippen LogP contribution < -0.4 is 0 Å². The fraction of sp³-hybridized carbons (Fsp3) is 0.231. The number of esters is 1. The van der Waals surface area contributed by atoms with Gasteiger partial charge in [0.1, 0.15) is 0 Å². The number of carbonyl (C=O) groups is 1. The van der Waals surface area contributed by atoms with E-state index in [1.807, 2.05) is 0 Å². The maximum absolute atomic E-state index is 13.9. The van der Waals surface area contributed by atoms with Crippen molar-refractivity contribution < 1.29 is 18.8 Å². The molecule has 0 radical (unpaired) electrons. The molecule has 0 aliphatic rings. The van der Waals surface area contributed by atoms with Gasteiger partial charge in [-0.05, 0) is 6.92 Å². The van der Waals surface area contributed by atoms with E-state index in [0.29, 0.717) is 0 Å². The molecule has 0 aliphatic heterocycles. The molecule has 7 nitrogen and oxygen atoms in total. The normalized spacial score (nSPS) is 10.4. The SMILES string of the molecule is CCOC(=O)c1cnn(Cc2cccc([N+](=O)[O-])c2F)c1. The van der Waals surface area contributed by atoms with Gasteiger partial charge in [0.25, 0.3) is 0 Å². The first-order chi connectivity index (χ1) is 10.0. The number of aromatic nitrogens is 2. The molecule has 2 rings (SSSR count). The van der Waals surface area contributed by atoms with Crippen LogP contribution in [0.5, 0.6) is 0 Å². The third kappa shape index (κ3) is 3.22. The summed E-state index contributed by atoms with van der Waals surface area (Å²) in [5.41, 5.74) is -0.240. The molecular weight excluding hydrogens is 281 g/mol. The summed E-state index contributed by atoms with van der Waals surface area (Å²) < 4.78 is 20.0. The number of nitro benzene ring substituents is 1. The number of halogens is 1. The number of rotatable bonds is 5. The molecule has 8 heteroatoms. The first-order valence-corrected chi connectivity index (χ1v) is 6.14. The first kappa shape index (κ1) is 14.6. The van der Waals surface area contributed by atoms with Gasteiger partial charge < -0.3 is 4.74 Å². The molecule has 0 bridgehead atoms. The molecule has 0 saturated carbocycles. The van der Waals surface area contributed by atoms with Gasteiger partial charge in [-0.3, -0.25) is 14.8 Å². The first-order valence-electron chi connectivity index (χ1n) is 6.14. The summed E-state index contributed by atoms with van der Waals surface area (Å²) in [5, 5.41) is 14.6. The number of benzene rings is 1. The van der Waals surface area contributed by atoms with Gasteiger partial charge in [0.15, 0.2) is 0 Å². The molecule has 0 saturated heterocycles. The smallest absolute Gasteiger partial charge is 0.341 e. The summed E-state index contributed by atoms with van der Waals surface area (Å²) in [5.74, 6) is -1.43. The summed E-state index contributed by atoms with van der Waals surface area (Å²) in [7, 11) is 0. The fourth-order valence-corrected chi connectivity index (χ4v) is 1.77. The predicted molar refractivity (Wildman–Crippen MR) is 70.3 cm³/mol. The van der Waals surface area contributed by atoms with Gasteiger partial charge in [-0.1, -0.05) is 12.1 Å². The van der Waals surface area contributed by atoms with Gasteiger partial charge in [0, 0.05) is 17.8 Å². The van der Waals surface area contributed by atoms with Crippen LogP contribution in [0.1, 0.15) is 22.8 Å². The second-order valence-electron chi connectivity index (χ2n) is 4.15. The maximum Gasteiger partial charge on any atom is 0.341 e. The van der Waals surface area contributed by atoms with Crippen molar-refractivity contribution in [2.75, 3.05) is 6.61 Å². The molecule has 0 atom stereocenters. The minimum Gasteiger partial charge on any atom is -0.462 e. The lowest BCUT2D eigenvalue weighted by Crippen LogP contribution is -2.05. The zero-order valence-corrected chi connectivity index (χ0v) is 11.2. The summed E-state index contributed by atoms with van der Waals surface area (Å²) in [6.45, 7) is 1.90. The Labute approximate surface area is 119 Å². The monoisotopic (exact) mass is 293 g/mol. The number of hydrogen-bond acceptors (Lipinski definition) is 5. The molecule has 1 aromatic heterocycles.